The third-order valence-corrected chi connectivity index (χ3v) is 4.68. The molecule has 7 heteroatoms. The average molecular weight is 394 g/mol. The lowest BCUT2D eigenvalue weighted by atomic mass is 10.1. The van der Waals surface area contributed by atoms with E-state index < -0.39 is 12.1 Å². The number of likely N-dealkylation sites (N-methyl/N-ethyl adjacent to an activating group) is 1. The smallest absolute Gasteiger partial charge is 0.339 e. The van der Waals surface area contributed by atoms with Crippen LogP contribution < -0.4 is 0 Å². The molecule has 1 fully saturated rings. The van der Waals surface area contributed by atoms with Gasteiger partial charge in [-0.05, 0) is 17.7 Å². The number of rotatable bonds is 6. The third-order valence-electron chi connectivity index (χ3n) is 4.68. The van der Waals surface area contributed by atoms with Gasteiger partial charge in [0.2, 0.25) is 17.9 Å². The normalized spacial score (nSPS) is 14.6. The van der Waals surface area contributed by atoms with Crippen LogP contribution >= 0.6 is 0 Å². The number of ether oxygens (including phenoxy) is 1. The molecule has 1 saturated heterocycles. The van der Waals surface area contributed by atoms with Crippen molar-refractivity contribution in [1.29, 1.82) is 0 Å². The van der Waals surface area contributed by atoms with Crippen LogP contribution in [0.25, 0.3) is 0 Å². The molecule has 0 saturated carbocycles. The van der Waals surface area contributed by atoms with Gasteiger partial charge in [0.15, 0.2) is 0 Å². The molecule has 0 radical (unpaired) electrons. The van der Waals surface area contributed by atoms with E-state index in [1.165, 1.54) is 9.80 Å². The summed E-state index contributed by atoms with van der Waals surface area (Å²) in [6.45, 7) is 0.179. The highest BCUT2D eigenvalue weighted by Gasteiger charge is 2.29. The zero-order valence-electron chi connectivity index (χ0n) is 16.3. The first-order valence-corrected chi connectivity index (χ1v) is 9.26. The summed E-state index contributed by atoms with van der Waals surface area (Å²) < 4.78 is 5.50. The molecule has 3 rings (SSSR count). The lowest BCUT2D eigenvalue weighted by molar-refractivity contribution is -0.139. The third kappa shape index (κ3) is 4.68. The van der Waals surface area contributed by atoms with E-state index in [9.17, 15) is 19.2 Å². The van der Waals surface area contributed by atoms with Crippen LogP contribution in [0.3, 0.4) is 0 Å². The summed E-state index contributed by atoms with van der Waals surface area (Å²) in [5.41, 5.74) is 1.59. The van der Waals surface area contributed by atoms with Crippen LogP contribution in [0, 0.1) is 0 Å². The van der Waals surface area contributed by atoms with Crippen LogP contribution in [0.1, 0.15) is 40.4 Å². The number of hydrogen-bond acceptors (Lipinski definition) is 5. The van der Waals surface area contributed by atoms with Crippen molar-refractivity contribution in [2.24, 2.45) is 0 Å². The molecule has 29 heavy (non-hydrogen) atoms. The number of carbonyl (C=O) groups is 4. The van der Waals surface area contributed by atoms with Crippen molar-refractivity contribution in [2.45, 2.75) is 25.5 Å². The first-order chi connectivity index (χ1) is 13.9. The predicted octanol–water partition coefficient (Wildman–Crippen LogP) is 2.32. The van der Waals surface area contributed by atoms with Gasteiger partial charge in [-0.1, -0.05) is 42.5 Å². The van der Waals surface area contributed by atoms with E-state index in [-0.39, 0.29) is 42.7 Å². The largest absolute Gasteiger partial charge is 0.444 e. The van der Waals surface area contributed by atoms with Gasteiger partial charge in [0.1, 0.15) is 0 Å². The molecular formula is C22H22N2O5. The zero-order chi connectivity index (χ0) is 21.0. The van der Waals surface area contributed by atoms with E-state index in [0.717, 1.165) is 5.56 Å². The van der Waals surface area contributed by atoms with Crippen molar-refractivity contribution >= 4 is 23.7 Å². The Labute approximate surface area is 168 Å². The fraction of sp³-hybridized carbons (Fsp3) is 0.273. The molecule has 1 heterocycles. The van der Waals surface area contributed by atoms with Gasteiger partial charge < -0.3 is 9.64 Å². The van der Waals surface area contributed by atoms with Crippen LogP contribution in [-0.4, -0.2) is 47.6 Å². The van der Waals surface area contributed by atoms with E-state index >= 15 is 0 Å². The van der Waals surface area contributed by atoms with Gasteiger partial charge in [-0.25, -0.2) is 4.79 Å². The molecule has 1 unspecified atom stereocenters. The van der Waals surface area contributed by atoms with Gasteiger partial charge in [-0.15, -0.1) is 0 Å². The fourth-order valence-electron chi connectivity index (χ4n) is 3.03. The SMILES string of the molecule is CN(C)C(=O)C(OC(=O)c1ccc(CN2C(=O)CCC2=O)cc1)c1ccccc1. The number of amides is 3. The minimum Gasteiger partial charge on any atom is -0.444 e. The van der Waals surface area contributed by atoms with Crippen molar-refractivity contribution < 1.29 is 23.9 Å². The average Bonchev–Trinajstić information content (AvgIpc) is 3.04. The van der Waals surface area contributed by atoms with Crippen LogP contribution in [0.4, 0.5) is 0 Å². The summed E-state index contributed by atoms with van der Waals surface area (Å²) in [5, 5.41) is 0. The van der Waals surface area contributed by atoms with Crippen molar-refractivity contribution in [3.8, 4) is 0 Å². The first-order valence-electron chi connectivity index (χ1n) is 9.26. The van der Waals surface area contributed by atoms with Gasteiger partial charge in [-0.2, -0.15) is 0 Å². The number of esters is 1. The second kappa shape index (κ2) is 8.68. The Bertz CT molecular complexity index is 906. The maximum Gasteiger partial charge on any atom is 0.339 e. The summed E-state index contributed by atoms with van der Waals surface area (Å²) in [5.74, 6) is -1.35. The summed E-state index contributed by atoms with van der Waals surface area (Å²) in [6.07, 6.45) is -0.563. The summed E-state index contributed by atoms with van der Waals surface area (Å²) in [6, 6.07) is 15.3. The van der Waals surface area contributed by atoms with Crippen LogP contribution in [0.5, 0.6) is 0 Å². The number of nitrogens with zero attached hydrogens (tertiary/aromatic N) is 2. The standard InChI is InChI=1S/C22H22N2O5/c1-23(2)21(27)20(16-6-4-3-5-7-16)29-22(28)17-10-8-15(9-11-17)14-24-18(25)12-13-19(24)26/h3-11,20H,12-14H2,1-2H3. The Kier molecular flexibility index (Phi) is 6.07. The molecule has 0 bridgehead atoms. The van der Waals surface area contributed by atoms with E-state index in [1.54, 1.807) is 62.6 Å². The van der Waals surface area contributed by atoms with E-state index in [4.69, 9.17) is 4.74 Å². The molecule has 0 spiro atoms. The van der Waals surface area contributed by atoms with Gasteiger partial charge in [0.25, 0.3) is 5.91 Å². The van der Waals surface area contributed by atoms with E-state index in [1.807, 2.05) is 6.07 Å². The Morgan fingerprint density at radius 1 is 0.966 bits per heavy atom. The lowest BCUT2D eigenvalue weighted by Gasteiger charge is -2.21. The topological polar surface area (TPSA) is 84.0 Å². The minimum atomic E-state index is -1.04. The van der Waals surface area contributed by atoms with Gasteiger partial charge >= 0.3 is 5.97 Å². The second-order valence-corrected chi connectivity index (χ2v) is 7.00. The second-order valence-electron chi connectivity index (χ2n) is 7.00. The fourth-order valence-corrected chi connectivity index (χ4v) is 3.03. The molecule has 3 amide bonds. The van der Waals surface area contributed by atoms with Crippen LogP contribution in [0.15, 0.2) is 54.6 Å². The van der Waals surface area contributed by atoms with Gasteiger partial charge in [0, 0.05) is 32.5 Å². The molecule has 0 N–H and O–H groups in total. The van der Waals surface area contributed by atoms with Crippen LogP contribution in [0.2, 0.25) is 0 Å². The maximum absolute atomic E-state index is 12.6. The van der Waals surface area contributed by atoms with Crippen molar-refractivity contribution in [3.63, 3.8) is 0 Å². The van der Waals surface area contributed by atoms with Gasteiger partial charge in [-0.3, -0.25) is 19.3 Å². The number of carbonyl (C=O) groups excluding carboxylic acids is 4. The number of hydrogen-bond donors (Lipinski definition) is 0. The van der Waals surface area contributed by atoms with Crippen LogP contribution in [-0.2, 0) is 25.7 Å². The molecule has 2 aromatic carbocycles. The van der Waals surface area contributed by atoms with E-state index in [2.05, 4.69) is 0 Å². The highest BCUT2D eigenvalue weighted by molar-refractivity contribution is 6.01. The Balaban J connectivity index is 1.72. The quantitative estimate of drug-likeness (QED) is 0.555. The first kappa shape index (κ1) is 20.3. The molecule has 2 aromatic rings. The molecule has 0 aliphatic carbocycles. The molecular weight excluding hydrogens is 372 g/mol. The number of benzene rings is 2. The minimum absolute atomic E-state index is 0.179. The molecule has 1 aliphatic rings. The summed E-state index contributed by atoms with van der Waals surface area (Å²) >= 11 is 0. The summed E-state index contributed by atoms with van der Waals surface area (Å²) in [7, 11) is 3.20. The van der Waals surface area contributed by atoms with Crippen molar-refractivity contribution in [3.05, 3.63) is 71.3 Å². The Hall–Kier alpha value is -3.48. The van der Waals surface area contributed by atoms with Gasteiger partial charge in [0.05, 0.1) is 12.1 Å². The summed E-state index contributed by atoms with van der Waals surface area (Å²) in [4.78, 5) is 51.2. The Morgan fingerprint density at radius 3 is 2.10 bits per heavy atom. The molecule has 0 aromatic heterocycles. The van der Waals surface area contributed by atoms with Crippen molar-refractivity contribution in [1.82, 2.24) is 9.80 Å². The molecule has 7 nitrogen and oxygen atoms in total. The monoisotopic (exact) mass is 394 g/mol. The maximum atomic E-state index is 12.6. The number of imide groups is 1. The highest BCUT2D eigenvalue weighted by Crippen LogP contribution is 2.22. The predicted molar refractivity (Wildman–Crippen MR) is 105 cm³/mol. The number of likely N-dealkylation sites (tertiary alicyclic amines) is 1. The molecule has 1 aliphatic heterocycles. The lowest BCUT2D eigenvalue weighted by Crippen LogP contribution is -2.31. The van der Waals surface area contributed by atoms with Crippen molar-refractivity contribution in [2.75, 3.05) is 14.1 Å². The highest BCUT2D eigenvalue weighted by atomic mass is 16.5. The Morgan fingerprint density at radius 2 is 1.55 bits per heavy atom. The molecule has 1 atom stereocenters. The van der Waals surface area contributed by atoms with E-state index in [0.29, 0.717) is 5.56 Å². The zero-order valence-corrected chi connectivity index (χ0v) is 16.3. The molecule has 150 valence electrons.